The fourth-order valence-electron chi connectivity index (χ4n) is 4.31. The summed E-state index contributed by atoms with van der Waals surface area (Å²) in [5, 5.41) is 5.43. The Labute approximate surface area is 221 Å². The number of carbonyl (C=O) groups is 4. The van der Waals surface area contributed by atoms with Crippen molar-refractivity contribution in [2.24, 2.45) is 0 Å². The Hall–Kier alpha value is -1.17. The van der Waals surface area contributed by atoms with E-state index in [1.54, 1.807) is 7.05 Å². The molecule has 0 aliphatic rings. The van der Waals surface area contributed by atoms with Gasteiger partial charge in [-0.05, 0) is 13.5 Å². The van der Waals surface area contributed by atoms with E-state index >= 15 is 0 Å². The van der Waals surface area contributed by atoms with Crippen LogP contribution in [0.2, 0.25) is 0 Å². The van der Waals surface area contributed by atoms with Gasteiger partial charge in [0.15, 0.2) is 19.2 Å². The Morgan fingerprint density at radius 2 is 1.17 bits per heavy atom. The maximum Gasteiger partial charge on any atom is 0.217 e. The molecule has 0 radical (unpaired) electrons. The standard InChI is InChI=1S/C28H53N2O5P/c1-4-5-6-7-8-9-10-11-12-13-14-15-16-17-18-19-26(32)22-25(30-24(2)31)23-28(34)36(35)27(33)20-21-29-3/h25,29,35H,4-23H2,1-3H3,(H,30,31). The molecule has 3 N–H and O–H groups in total. The average Bonchev–Trinajstić information content (AvgIpc) is 2.83. The molecule has 1 amide bonds. The molecule has 0 aliphatic heterocycles. The van der Waals surface area contributed by atoms with Crippen molar-refractivity contribution in [1.29, 1.82) is 0 Å². The van der Waals surface area contributed by atoms with Crippen LogP contribution < -0.4 is 10.6 Å². The summed E-state index contributed by atoms with van der Waals surface area (Å²) >= 11 is 0. The highest BCUT2D eigenvalue weighted by Gasteiger charge is 2.27. The highest BCUT2D eigenvalue weighted by molar-refractivity contribution is 7.84. The molecule has 0 heterocycles. The number of rotatable bonds is 26. The van der Waals surface area contributed by atoms with Crippen LogP contribution in [0.3, 0.4) is 0 Å². The van der Waals surface area contributed by atoms with E-state index in [0.29, 0.717) is 13.0 Å². The van der Waals surface area contributed by atoms with Crippen molar-refractivity contribution in [3.8, 4) is 0 Å². The summed E-state index contributed by atoms with van der Waals surface area (Å²) in [4.78, 5) is 58.1. The summed E-state index contributed by atoms with van der Waals surface area (Å²) < 4.78 is 0. The molecule has 0 aromatic carbocycles. The number of ketones is 1. The third kappa shape index (κ3) is 21.0. The molecule has 0 aromatic heterocycles. The topological polar surface area (TPSA) is 113 Å². The second kappa shape index (κ2) is 24.2. The van der Waals surface area contributed by atoms with Gasteiger partial charge in [-0.3, -0.25) is 19.2 Å². The molecule has 0 saturated heterocycles. The molecular formula is C28H53N2O5P. The first-order valence-corrected chi connectivity index (χ1v) is 15.6. The van der Waals surface area contributed by atoms with Gasteiger partial charge in [0.1, 0.15) is 5.78 Å². The van der Waals surface area contributed by atoms with Gasteiger partial charge in [-0.15, -0.1) is 0 Å². The molecule has 0 aliphatic carbocycles. The number of amides is 1. The van der Waals surface area contributed by atoms with Crippen LogP contribution in [-0.2, 0) is 19.2 Å². The summed E-state index contributed by atoms with van der Waals surface area (Å²) in [6.07, 6.45) is 19.4. The highest BCUT2D eigenvalue weighted by atomic mass is 31.1. The molecule has 0 bridgehead atoms. The number of hydrogen-bond donors (Lipinski definition) is 3. The molecule has 0 rings (SSSR count). The van der Waals surface area contributed by atoms with E-state index in [4.69, 9.17) is 0 Å². The molecule has 8 heteroatoms. The number of unbranched alkanes of at least 4 members (excludes halogenated alkanes) is 14. The van der Waals surface area contributed by atoms with E-state index in [2.05, 4.69) is 17.6 Å². The van der Waals surface area contributed by atoms with E-state index in [1.165, 1.54) is 84.0 Å². The lowest BCUT2D eigenvalue weighted by molar-refractivity contribution is -0.122. The van der Waals surface area contributed by atoms with Crippen LogP contribution in [0.1, 0.15) is 136 Å². The van der Waals surface area contributed by atoms with Gasteiger partial charge < -0.3 is 15.5 Å². The van der Waals surface area contributed by atoms with E-state index in [1.807, 2.05) is 0 Å². The van der Waals surface area contributed by atoms with Crippen LogP contribution in [0.25, 0.3) is 0 Å². The maximum absolute atomic E-state index is 12.4. The summed E-state index contributed by atoms with van der Waals surface area (Å²) in [6, 6.07) is -0.673. The summed E-state index contributed by atoms with van der Waals surface area (Å²) in [6.45, 7) is 3.97. The van der Waals surface area contributed by atoms with Crippen molar-refractivity contribution >= 4 is 30.9 Å². The van der Waals surface area contributed by atoms with Crippen molar-refractivity contribution in [2.45, 2.75) is 142 Å². The first kappa shape index (κ1) is 34.8. The zero-order chi connectivity index (χ0) is 27.0. The van der Waals surface area contributed by atoms with Gasteiger partial charge in [0.2, 0.25) is 5.91 Å². The van der Waals surface area contributed by atoms with Gasteiger partial charge in [0.25, 0.3) is 0 Å². The summed E-state index contributed by atoms with van der Waals surface area (Å²) in [7, 11) is -0.720. The Morgan fingerprint density at radius 3 is 1.61 bits per heavy atom. The largest absolute Gasteiger partial charge is 0.360 e. The maximum atomic E-state index is 12.4. The molecule has 0 aromatic rings. The molecule has 0 spiro atoms. The van der Waals surface area contributed by atoms with Crippen molar-refractivity contribution in [3.05, 3.63) is 0 Å². The predicted octanol–water partition coefficient (Wildman–Crippen LogP) is 6.15. The van der Waals surface area contributed by atoms with Crippen molar-refractivity contribution in [2.75, 3.05) is 13.6 Å². The number of nitrogens with one attached hydrogen (secondary N) is 2. The predicted molar refractivity (Wildman–Crippen MR) is 149 cm³/mol. The molecule has 210 valence electrons. The van der Waals surface area contributed by atoms with E-state index in [9.17, 15) is 24.1 Å². The normalized spacial score (nSPS) is 12.8. The smallest absolute Gasteiger partial charge is 0.217 e. The molecule has 2 atom stereocenters. The first-order valence-electron chi connectivity index (χ1n) is 14.3. The van der Waals surface area contributed by atoms with Gasteiger partial charge in [0, 0.05) is 45.2 Å². The molecule has 0 fully saturated rings. The number of carbonyl (C=O) groups excluding carboxylic acids is 4. The second-order valence-corrected chi connectivity index (χ2v) is 11.6. The Balaban J connectivity index is 3.94. The van der Waals surface area contributed by atoms with Crippen LogP contribution in [0.15, 0.2) is 0 Å². The molecule has 2 unspecified atom stereocenters. The van der Waals surface area contributed by atoms with Crippen molar-refractivity contribution < 1.29 is 24.1 Å². The lowest BCUT2D eigenvalue weighted by atomic mass is 10.0. The van der Waals surface area contributed by atoms with Gasteiger partial charge in [0.05, 0.1) is 0 Å². The van der Waals surface area contributed by atoms with Crippen LogP contribution in [0.4, 0.5) is 0 Å². The summed E-state index contributed by atoms with van der Waals surface area (Å²) in [5.41, 5.74) is -1.08. The van der Waals surface area contributed by atoms with Gasteiger partial charge in [-0.25, -0.2) is 0 Å². The monoisotopic (exact) mass is 528 g/mol. The SMILES string of the molecule is CCCCCCCCCCCCCCCCCC(=O)CC(CC(=O)P(O)C(=O)CCNC)NC(C)=O. The summed E-state index contributed by atoms with van der Waals surface area (Å²) in [5.74, 6) is -0.337. The minimum absolute atomic E-state index is 0.0000196. The van der Waals surface area contributed by atoms with Crippen LogP contribution >= 0.6 is 8.15 Å². The average molecular weight is 529 g/mol. The fraction of sp³-hybridized carbons (Fsp3) is 0.857. The van der Waals surface area contributed by atoms with E-state index < -0.39 is 25.2 Å². The highest BCUT2D eigenvalue weighted by Crippen LogP contribution is 2.35. The van der Waals surface area contributed by atoms with Crippen LogP contribution in [0, 0.1) is 0 Å². The lowest BCUT2D eigenvalue weighted by Crippen LogP contribution is -2.36. The van der Waals surface area contributed by atoms with Gasteiger partial charge in [-0.1, -0.05) is 96.8 Å². The molecular weight excluding hydrogens is 475 g/mol. The van der Waals surface area contributed by atoms with E-state index in [-0.39, 0.29) is 31.0 Å². The molecule has 0 saturated carbocycles. The van der Waals surface area contributed by atoms with Gasteiger partial charge >= 0.3 is 0 Å². The second-order valence-electron chi connectivity index (χ2n) is 10.00. The van der Waals surface area contributed by atoms with Crippen LogP contribution in [-0.4, -0.2) is 47.3 Å². The third-order valence-electron chi connectivity index (χ3n) is 6.42. The minimum Gasteiger partial charge on any atom is -0.360 e. The quantitative estimate of drug-likeness (QED) is 0.0916. The Morgan fingerprint density at radius 1 is 0.694 bits per heavy atom. The van der Waals surface area contributed by atoms with Crippen molar-refractivity contribution in [3.63, 3.8) is 0 Å². The van der Waals surface area contributed by atoms with Crippen molar-refractivity contribution in [1.82, 2.24) is 10.6 Å². The Bertz CT molecular complexity index is 615. The lowest BCUT2D eigenvalue weighted by Gasteiger charge is -2.18. The van der Waals surface area contributed by atoms with E-state index in [0.717, 1.165) is 19.3 Å². The number of hydrogen-bond acceptors (Lipinski definition) is 6. The van der Waals surface area contributed by atoms with Crippen LogP contribution in [0.5, 0.6) is 0 Å². The first-order chi connectivity index (χ1) is 17.3. The van der Waals surface area contributed by atoms with Gasteiger partial charge in [-0.2, -0.15) is 0 Å². The zero-order valence-corrected chi connectivity index (χ0v) is 24.1. The minimum atomic E-state index is -2.41. The zero-order valence-electron chi connectivity index (χ0n) is 23.2. The Kier molecular flexibility index (Phi) is 23.4. The molecule has 36 heavy (non-hydrogen) atoms. The number of Topliss-reactive ketones (excluding diaryl/α,β-unsaturated/α-hetero) is 1. The fourth-order valence-corrected chi connectivity index (χ4v) is 5.30. The molecule has 7 nitrogen and oxygen atoms in total. The third-order valence-corrected chi connectivity index (χ3v) is 7.77.